The molecule has 3 aromatic rings. The van der Waals surface area contributed by atoms with E-state index in [4.69, 9.17) is 16.3 Å². The minimum atomic E-state index is -0.144. The second kappa shape index (κ2) is 10.4. The summed E-state index contributed by atoms with van der Waals surface area (Å²) in [4.78, 5) is 18.6. The lowest BCUT2D eigenvalue weighted by atomic mass is 10.3. The number of carbonyl (C=O) groups is 1. The summed E-state index contributed by atoms with van der Waals surface area (Å²) in [5.41, 5.74) is 1.08. The standard InChI is InChI=1S/C20H21ClN2O2S3/c1-3-25-15-6-9-17-18(12-15)28-20(23(17)10-11-26-2)22-19(24)13-27-16-7-4-14(21)5-8-16/h4-9,12H,3,10-11,13H2,1-2H3. The van der Waals surface area contributed by atoms with Crippen LogP contribution in [0.2, 0.25) is 5.02 Å². The van der Waals surface area contributed by atoms with E-state index in [1.165, 1.54) is 23.1 Å². The number of thiazole rings is 1. The lowest BCUT2D eigenvalue weighted by molar-refractivity contribution is -0.115. The van der Waals surface area contributed by atoms with Crippen molar-refractivity contribution in [3.8, 4) is 5.75 Å². The summed E-state index contributed by atoms with van der Waals surface area (Å²) >= 11 is 10.7. The summed E-state index contributed by atoms with van der Waals surface area (Å²) in [7, 11) is 0. The maximum Gasteiger partial charge on any atom is 0.258 e. The number of rotatable bonds is 8. The van der Waals surface area contributed by atoms with Gasteiger partial charge in [-0.25, -0.2) is 0 Å². The summed E-state index contributed by atoms with van der Waals surface area (Å²) in [5, 5.41) is 0.687. The zero-order valence-corrected chi connectivity index (χ0v) is 18.9. The summed E-state index contributed by atoms with van der Waals surface area (Å²) in [5.74, 6) is 1.95. The number of nitrogens with zero attached hydrogens (tertiary/aromatic N) is 2. The molecule has 0 N–H and O–H groups in total. The van der Waals surface area contributed by atoms with Crippen LogP contribution in [0, 0.1) is 0 Å². The Balaban J connectivity index is 1.85. The van der Waals surface area contributed by atoms with E-state index >= 15 is 0 Å². The van der Waals surface area contributed by atoms with Crippen LogP contribution in [0.15, 0.2) is 52.4 Å². The average molecular weight is 453 g/mol. The van der Waals surface area contributed by atoms with Crippen molar-refractivity contribution in [2.45, 2.75) is 18.4 Å². The van der Waals surface area contributed by atoms with Crippen molar-refractivity contribution in [3.63, 3.8) is 0 Å². The molecule has 0 saturated carbocycles. The summed E-state index contributed by atoms with van der Waals surface area (Å²) in [6.45, 7) is 3.40. The van der Waals surface area contributed by atoms with Crippen molar-refractivity contribution in [2.75, 3.05) is 24.4 Å². The van der Waals surface area contributed by atoms with Gasteiger partial charge in [0.15, 0.2) is 4.80 Å². The Hall–Kier alpha value is -1.41. The van der Waals surface area contributed by atoms with Crippen LogP contribution in [0.1, 0.15) is 6.92 Å². The first-order valence-electron chi connectivity index (χ1n) is 8.81. The number of hydrogen-bond acceptors (Lipinski definition) is 5. The smallest absolute Gasteiger partial charge is 0.258 e. The Morgan fingerprint density at radius 1 is 1.25 bits per heavy atom. The quantitative estimate of drug-likeness (QED) is 0.433. The highest BCUT2D eigenvalue weighted by atomic mass is 35.5. The lowest BCUT2D eigenvalue weighted by Gasteiger charge is -2.05. The Labute approximate surface area is 182 Å². The largest absolute Gasteiger partial charge is 0.494 e. The van der Waals surface area contributed by atoms with Crippen LogP contribution < -0.4 is 9.54 Å². The molecule has 0 fully saturated rings. The fourth-order valence-electron chi connectivity index (χ4n) is 2.61. The first-order chi connectivity index (χ1) is 13.6. The topological polar surface area (TPSA) is 43.6 Å². The third-order valence-electron chi connectivity index (χ3n) is 3.88. The molecule has 0 aliphatic rings. The lowest BCUT2D eigenvalue weighted by Crippen LogP contribution is -2.18. The van der Waals surface area contributed by atoms with Crippen LogP contribution >= 0.6 is 46.5 Å². The van der Waals surface area contributed by atoms with Crippen molar-refractivity contribution >= 4 is 62.6 Å². The molecule has 0 aliphatic heterocycles. The van der Waals surface area contributed by atoms with Crippen molar-refractivity contribution in [3.05, 3.63) is 52.3 Å². The number of aromatic nitrogens is 1. The molecule has 0 bridgehead atoms. The van der Waals surface area contributed by atoms with Gasteiger partial charge in [-0.2, -0.15) is 16.8 Å². The third kappa shape index (κ3) is 5.56. The van der Waals surface area contributed by atoms with Crippen molar-refractivity contribution < 1.29 is 9.53 Å². The fourth-order valence-corrected chi connectivity index (χ4v) is 4.89. The number of fused-ring (bicyclic) bond motifs is 1. The van der Waals surface area contributed by atoms with Crippen LogP contribution in [0.25, 0.3) is 10.2 Å². The molecule has 28 heavy (non-hydrogen) atoms. The van der Waals surface area contributed by atoms with E-state index in [-0.39, 0.29) is 5.91 Å². The monoisotopic (exact) mass is 452 g/mol. The van der Waals surface area contributed by atoms with E-state index < -0.39 is 0 Å². The van der Waals surface area contributed by atoms with E-state index in [0.717, 1.165) is 38.0 Å². The van der Waals surface area contributed by atoms with Gasteiger partial charge in [0.1, 0.15) is 5.75 Å². The number of aryl methyl sites for hydroxylation is 1. The molecule has 0 atom stereocenters. The molecule has 0 unspecified atom stereocenters. The van der Waals surface area contributed by atoms with Gasteiger partial charge in [-0.05, 0) is 55.6 Å². The number of benzene rings is 2. The molecule has 0 radical (unpaired) electrons. The SMILES string of the molecule is CCOc1ccc2c(c1)sc(=NC(=O)CSc1ccc(Cl)cc1)n2CCSC. The zero-order chi connectivity index (χ0) is 19.9. The van der Waals surface area contributed by atoms with Crippen LogP contribution in [-0.2, 0) is 11.3 Å². The van der Waals surface area contributed by atoms with Gasteiger partial charge in [-0.3, -0.25) is 4.79 Å². The Morgan fingerprint density at radius 2 is 2.04 bits per heavy atom. The second-order valence-corrected chi connectivity index (χ2v) is 9.32. The second-order valence-electron chi connectivity index (χ2n) is 5.84. The number of ether oxygens (including phenoxy) is 1. The molecule has 8 heteroatoms. The molecular formula is C20H21ClN2O2S3. The number of carbonyl (C=O) groups excluding carboxylic acids is 1. The van der Waals surface area contributed by atoms with Crippen LogP contribution in [-0.4, -0.2) is 34.8 Å². The number of amides is 1. The van der Waals surface area contributed by atoms with Crippen LogP contribution in [0.3, 0.4) is 0 Å². The van der Waals surface area contributed by atoms with Crippen LogP contribution in [0.4, 0.5) is 0 Å². The van der Waals surface area contributed by atoms with Gasteiger partial charge in [0.25, 0.3) is 5.91 Å². The molecular weight excluding hydrogens is 432 g/mol. The van der Waals surface area contributed by atoms with E-state index in [1.807, 2.05) is 49.4 Å². The molecule has 3 rings (SSSR count). The molecule has 1 amide bonds. The average Bonchev–Trinajstić information content (AvgIpc) is 3.02. The summed E-state index contributed by atoms with van der Waals surface area (Å²) in [6, 6.07) is 13.5. The number of hydrogen-bond donors (Lipinski definition) is 0. The van der Waals surface area contributed by atoms with Crippen LogP contribution in [0.5, 0.6) is 5.75 Å². The van der Waals surface area contributed by atoms with E-state index in [9.17, 15) is 4.79 Å². The van der Waals surface area contributed by atoms with E-state index in [0.29, 0.717) is 17.4 Å². The van der Waals surface area contributed by atoms with Crippen molar-refractivity contribution in [2.24, 2.45) is 4.99 Å². The molecule has 0 spiro atoms. The maximum absolute atomic E-state index is 12.5. The van der Waals surface area contributed by atoms with E-state index in [1.54, 1.807) is 11.8 Å². The highest BCUT2D eigenvalue weighted by Crippen LogP contribution is 2.24. The minimum Gasteiger partial charge on any atom is -0.494 e. The van der Waals surface area contributed by atoms with Crippen molar-refractivity contribution in [1.82, 2.24) is 4.57 Å². The van der Waals surface area contributed by atoms with Gasteiger partial charge in [0.2, 0.25) is 0 Å². The summed E-state index contributed by atoms with van der Waals surface area (Å²) in [6.07, 6.45) is 2.08. The minimum absolute atomic E-state index is 0.144. The highest BCUT2D eigenvalue weighted by Gasteiger charge is 2.10. The molecule has 1 aromatic heterocycles. The molecule has 2 aromatic carbocycles. The van der Waals surface area contributed by atoms with Gasteiger partial charge in [0, 0.05) is 22.2 Å². The zero-order valence-electron chi connectivity index (χ0n) is 15.7. The number of thioether (sulfide) groups is 2. The van der Waals surface area contributed by atoms with Crippen molar-refractivity contribution in [1.29, 1.82) is 0 Å². The van der Waals surface area contributed by atoms with Gasteiger partial charge in [0.05, 0.1) is 22.6 Å². The first kappa shape index (κ1) is 21.3. The molecule has 148 valence electrons. The first-order valence-corrected chi connectivity index (χ1v) is 12.4. The third-order valence-corrected chi connectivity index (χ3v) is 6.76. The Bertz CT molecular complexity index is 1010. The molecule has 0 saturated heterocycles. The highest BCUT2D eigenvalue weighted by molar-refractivity contribution is 8.00. The van der Waals surface area contributed by atoms with Gasteiger partial charge in [-0.15, -0.1) is 11.8 Å². The summed E-state index contributed by atoms with van der Waals surface area (Å²) < 4.78 is 8.80. The maximum atomic E-state index is 12.5. The number of halogens is 1. The Morgan fingerprint density at radius 3 is 2.75 bits per heavy atom. The van der Waals surface area contributed by atoms with Gasteiger partial charge >= 0.3 is 0 Å². The van der Waals surface area contributed by atoms with Gasteiger partial charge in [-0.1, -0.05) is 22.9 Å². The fraction of sp³-hybridized carbons (Fsp3) is 0.300. The van der Waals surface area contributed by atoms with Gasteiger partial charge < -0.3 is 9.30 Å². The molecule has 1 heterocycles. The Kier molecular flexibility index (Phi) is 7.91. The normalized spacial score (nSPS) is 11.9. The molecule has 0 aliphatic carbocycles. The molecule has 4 nitrogen and oxygen atoms in total. The predicted molar refractivity (Wildman–Crippen MR) is 122 cm³/mol. The van der Waals surface area contributed by atoms with E-state index in [2.05, 4.69) is 15.8 Å². The predicted octanol–water partition coefficient (Wildman–Crippen LogP) is 5.34.